The summed E-state index contributed by atoms with van der Waals surface area (Å²) in [5, 5.41) is 13.3. The number of nitrogens with zero attached hydrogens (tertiary/aromatic N) is 6. The second kappa shape index (κ2) is 6.93. The fourth-order valence-electron chi connectivity index (χ4n) is 3.32. The molecule has 2 aromatic heterocycles. The zero-order valence-electron chi connectivity index (χ0n) is 15.2. The van der Waals surface area contributed by atoms with Crippen molar-refractivity contribution in [3.8, 4) is 11.5 Å². The highest BCUT2D eigenvalue weighted by atomic mass is 16.5. The van der Waals surface area contributed by atoms with Gasteiger partial charge < -0.3 is 9.64 Å². The second-order valence-corrected chi connectivity index (χ2v) is 7.31. The summed E-state index contributed by atoms with van der Waals surface area (Å²) in [6.45, 7) is 8.12. The van der Waals surface area contributed by atoms with Gasteiger partial charge in [-0.05, 0) is 30.7 Å². The normalized spacial score (nSPS) is 17.9. The minimum absolute atomic E-state index is 0.400. The highest BCUT2D eigenvalue weighted by Gasteiger charge is 2.27. The molecule has 3 rings (SSSR count). The standard InChI is InChI=1S/C17H28N6O/c1-17(2)7-5-10-22(11-8-17)16-20-19-15(23(16)12-13-24-4)14-6-9-18-21(14)3/h6,9H,5,7-8,10-13H2,1-4H3. The van der Waals surface area contributed by atoms with Crippen LogP contribution in [0.5, 0.6) is 0 Å². The maximum atomic E-state index is 5.30. The molecular weight excluding hydrogens is 304 g/mol. The van der Waals surface area contributed by atoms with Crippen molar-refractivity contribution < 1.29 is 4.74 Å². The zero-order valence-corrected chi connectivity index (χ0v) is 15.2. The lowest BCUT2D eigenvalue weighted by Crippen LogP contribution is -2.28. The number of methoxy groups -OCH3 is 1. The van der Waals surface area contributed by atoms with Crippen molar-refractivity contribution in [3.63, 3.8) is 0 Å². The van der Waals surface area contributed by atoms with Crippen molar-refractivity contribution in [3.05, 3.63) is 12.3 Å². The quantitative estimate of drug-likeness (QED) is 0.841. The third kappa shape index (κ3) is 3.45. The van der Waals surface area contributed by atoms with E-state index in [1.807, 2.05) is 17.8 Å². The number of hydrogen-bond donors (Lipinski definition) is 0. The van der Waals surface area contributed by atoms with E-state index in [4.69, 9.17) is 4.74 Å². The van der Waals surface area contributed by atoms with E-state index in [0.29, 0.717) is 12.0 Å². The summed E-state index contributed by atoms with van der Waals surface area (Å²) >= 11 is 0. The van der Waals surface area contributed by atoms with E-state index in [9.17, 15) is 0 Å². The molecule has 0 bridgehead atoms. The highest BCUT2D eigenvalue weighted by molar-refractivity contribution is 5.53. The van der Waals surface area contributed by atoms with Crippen LogP contribution in [0.4, 0.5) is 5.95 Å². The summed E-state index contributed by atoms with van der Waals surface area (Å²) in [5.74, 6) is 1.80. The predicted octanol–water partition coefficient (Wildman–Crippen LogP) is 2.34. The van der Waals surface area contributed by atoms with Gasteiger partial charge in [0.1, 0.15) is 5.69 Å². The fourth-order valence-corrected chi connectivity index (χ4v) is 3.32. The van der Waals surface area contributed by atoms with Gasteiger partial charge in [0.25, 0.3) is 0 Å². The van der Waals surface area contributed by atoms with Gasteiger partial charge in [0.2, 0.25) is 5.95 Å². The van der Waals surface area contributed by atoms with Crippen LogP contribution in [0.25, 0.3) is 11.5 Å². The van der Waals surface area contributed by atoms with Gasteiger partial charge >= 0.3 is 0 Å². The Kier molecular flexibility index (Phi) is 4.89. The molecule has 7 nitrogen and oxygen atoms in total. The number of aromatic nitrogens is 5. The van der Waals surface area contributed by atoms with E-state index in [2.05, 4.69) is 38.6 Å². The summed E-state index contributed by atoms with van der Waals surface area (Å²) in [7, 11) is 3.65. The largest absolute Gasteiger partial charge is 0.383 e. The van der Waals surface area contributed by atoms with Gasteiger partial charge in [0.05, 0.1) is 13.2 Å². The Morgan fingerprint density at radius 1 is 1.21 bits per heavy atom. The zero-order chi connectivity index (χ0) is 17.2. The van der Waals surface area contributed by atoms with Crippen molar-refractivity contribution in [1.82, 2.24) is 24.5 Å². The summed E-state index contributed by atoms with van der Waals surface area (Å²) in [4.78, 5) is 2.37. The van der Waals surface area contributed by atoms with E-state index in [0.717, 1.165) is 37.1 Å². The van der Waals surface area contributed by atoms with Crippen LogP contribution in [0, 0.1) is 5.41 Å². The first-order chi connectivity index (χ1) is 11.5. The van der Waals surface area contributed by atoms with Crippen LogP contribution in [-0.2, 0) is 18.3 Å². The molecule has 0 aromatic carbocycles. The minimum atomic E-state index is 0.400. The lowest BCUT2D eigenvalue weighted by atomic mass is 9.85. The van der Waals surface area contributed by atoms with Gasteiger partial charge in [-0.2, -0.15) is 5.10 Å². The number of anilines is 1. The molecule has 1 fully saturated rings. The second-order valence-electron chi connectivity index (χ2n) is 7.31. The first-order valence-corrected chi connectivity index (χ1v) is 8.67. The third-order valence-electron chi connectivity index (χ3n) is 4.92. The average Bonchev–Trinajstić information content (AvgIpc) is 3.09. The molecule has 1 aliphatic rings. The molecule has 0 radical (unpaired) electrons. The van der Waals surface area contributed by atoms with E-state index in [1.165, 1.54) is 19.3 Å². The van der Waals surface area contributed by atoms with Crippen molar-refractivity contribution in [2.75, 3.05) is 31.7 Å². The van der Waals surface area contributed by atoms with Crippen LogP contribution in [0.15, 0.2) is 12.3 Å². The molecule has 2 aromatic rings. The van der Waals surface area contributed by atoms with Crippen molar-refractivity contribution >= 4 is 5.95 Å². The SMILES string of the molecule is COCCn1c(-c2ccnn2C)nnc1N1CCCC(C)(C)CC1. The molecule has 0 amide bonds. The Hall–Kier alpha value is -1.89. The lowest BCUT2D eigenvalue weighted by Gasteiger charge is -2.24. The van der Waals surface area contributed by atoms with Gasteiger partial charge in [0, 0.05) is 33.4 Å². The van der Waals surface area contributed by atoms with Crippen molar-refractivity contribution in [2.24, 2.45) is 12.5 Å². The van der Waals surface area contributed by atoms with Gasteiger partial charge in [-0.1, -0.05) is 13.8 Å². The van der Waals surface area contributed by atoms with E-state index >= 15 is 0 Å². The molecule has 7 heteroatoms. The van der Waals surface area contributed by atoms with Crippen LogP contribution in [0.2, 0.25) is 0 Å². The Balaban J connectivity index is 1.93. The average molecular weight is 332 g/mol. The Morgan fingerprint density at radius 3 is 2.75 bits per heavy atom. The van der Waals surface area contributed by atoms with Gasteiger partial charge in [-0.25, -0.2) is 0 Å². The number of aryl methyl sites for hydroxylation is 1. The number of hydrogen-bond acceptors (Lipinski definition) is 5. The Bertz CT molecular complexity index is 674. The van der Waals surface area contributed by atoms with Crippen LogP contribution < -0.4 is 4.90 Å². The van der Waals surface area contributed by atoms with E-state index in [-0.39, 0.29) is 0 Å². The highest BCUT2D eigenvalue weighted by Crippen LogP contribution is 2.32. The molecule has 0 saturated carbocycles. The smallest absolute Gasteiger partial charge is 0.227 e. The summed E-state index contributed by atoms with van der Waals surface area (Å²) < 4.78 is 9.30. The van der Waals surface area contributed by atoms with Crippen LogP contribution >= 0.6 is 0 Å². The first kappa shape index (κ1) is 17.0. The molecule has 132 valence electrons. The number of ether oxygens (including phenoxy) is 1. The van der Waals surface area contributed by atoms with Crippen molar-refractivity contribution in [1.29, 1.82) is 0 Å². The van der Waals surface area contributed by atoms with E-state index in [1.54, 1.807) is 13.3 Å². The maximum absolute atomic E-state index is 5.30. The van der Waals surface area contributed by atoms with Crippen LogP contribution in [0.3, 0.4) is 0 Å². The lowest BCUT2D eigenvalue weighted by molar-refractivity contribution is 0.187. The van der Waals surface area contributed by atoms with Crippen LogP contribution in [0.1, 0.15) is 33.1 Å². The maximum Gasteiger partial charge on any atom is 0.227 e. The van der Waals surface area contributed by atoms with Crippen LogP contribution in [-0.4, -0.2) is 51.4 Å². The molecule has 0 aliphatic carbocycles. The summed E-state index contributed by atoms with van der Waals surface area (Å²) in [6.07, 6.45) is 5.40. The number of rotatable bonds is 5. The molecule has 0 atom stereocenters. The third-order valence-corrected chi connectivity index (χ3v) is 4.92. The first-order valence-electron chi connectivity index (χ1n) is 8.67. The monoisotopic (exact) mass is 332 g/mol. The molecule has 0 unspecified atom stereocenters. The molecule has 3 heterocycles. The molecular formula is C17H28N6O. The molecule has 1 saturated heterocycles. The van der Waals surface area contributed by atoms with E-state index < -0.39 is 0 Å². The molecule has 1 aliphatic heterocycles. The minimum Gasteiger partial charge on any atom is -0.383 e. The summed E-state index contributed by atoms with van der Waals surface area (Å²) in [6, 6.07) is 1.97. The summed E-state index contributed by atoms with van der Waals surface area (Å²) in [5.41, 5.74) is 1.37. The predicted molar refractivity (Wildman–Crippen MR) is 93.9 cm³/mol. The van der Waals surface area contributed by atoms with Crippen molar-refractivity contribution in [2.45, 2.75) is 39.7 Å². The van der Waals surface area contributed by atoms with Gasteiger partial charge in [0.15, 0.2) is 5.82 Å². The fraction of sp³-hybridized carbons (Fsp3) is 0.706. The topological polar surface area (TPSA) is 61.0 Å². The Labute approximate surface area is 143 Å². The Morgan fingerprint density at radius 2 is 2.04 bits per heavy atom. The molecule has 0 spiro atoms. The molecule has 24 heavy (non-hydrogen) atoms. The molecule has 0 N–H and O–H groups in total. The van der Waals surface area contributed by atoms with Gasteiger partial charge in [-0.3, -0.25) is 9.25 Å². The van der Waals surface area contributed by atoms with Gasteiger partial charge in [-0.15, -0.1) is 10.2 Å².